The minimum atomic E-state index is 0. The SMILES string of the molecule is CCN=C(N/N=C(/C(C)=N/NC(=S)NCC)c1cn(C)cn1)SC.[HH].[HH].[U]. The number of aliphatic imine (C=N–C) groups is 1. The summed E-state index contributed by atoms with van der Waals surface area (Å²) in [6.45, 7) is 7.19. The van der Waals surface area contributed by atoms with Crippen molar-refractivity contribution in [2.75, 3.05) is 19.3 Å². The number of hydrogen-bond donors (Lipinski definition) is 3. The van der Waals surface area contributed by atoms with Crippen molar-refractivity contribution in [3.05, 3.63) is 18.2 Å². The van der Waals surface area contributed by atoms with Crippen molar-refractivity contribution in [2.45, 2.75) is 20.8 Å². The third kappa shape index (κ3) is 8.85. The van der Waals surface area contributed by atoms with Crippen LogP contribution in [0.3, 0.4) is 0 Å². The molecule has 1 heterocycles. The Balaban J connectivity index is -0.00000192. The number of nitrogens with zero attached hydrogens (tertiary/aromatic N) is 5. The quantitative estimate of drug-likeness (QED) is 0.197. The fourth-order valence-electron chi connectivity index (χ4n) is 1.64. The fourth-order valence-corrected chi connectivity index (χ4v) is 2.22. The van der Waals surface area contributed by atoms with Crippen molar-refractivity contribution in [2.24, 2.45) is 22.2 Å². The fraction of sp³-hybridized carbons (Fsp3) is 0.500. The molecule has 0 amide bonds. The van der Waals surface area contributed by atoms with E-state index in [1.54, 1.807) is 6.33 Å². The van der Waals surface area contributed by atoms with E-state index >= 15 is 0 Å². The van der Waals surface area contributed by atoms with Crippen molar-refractivity contribution in [3.8, 4) is 0 Å². The first kappa shape index (κ1) is 24.1. The number of thioether (sulfide) groups is 1. The Kier molecular flexibility index (Phi) is 12.9. The van der Waals surface area contributed by atoms with E-state index in [9.17, 15) is 0 Å². The molecule has 3 N–H and O–H groups in total. The van der Waals surface area contributed by atoms with Crippen LogP contribution in [0.4, 0.5) is 0 Å². The van der Waals surface area contributed by atoms with Crippen LogP contribution in [0.5, 0.6) is 0 Å². The zero-order chi connectivity index (χ0) is 17.9. The molecule has 25 heavy (non-hydrogen) atoms. The van der Waals surface area contributed by atoms with Crippen LogP contribution in [0.15, 0.2) is 27.7 Å². The second-order valence-corrected chi connectivity index (χ2v) is 5.85. The first-order valence-electron chi connectivity index (χ1n) is 7.50. The summed E-state index contributed by atoms with van der Waals surface area (Å²) in [4.78, 5) is 8.66. The monoisotopic (exact) mass is 610 g/mol. The van der Waals surface area contributed by atoms with Crippen molar-refractivity contribution in [3.63, 3.8) is 0 Å². The van der Waals surface area contributed by atoms with E-state index in [0.29, 0.717) is 28.8 Å². The molecule has 11 heteroatoms. The Hall–Kier alpha value is -0.888. The summed E-state index contributed by atoms with van der Waals surface area (Å²) < 4.78 is 1.85. The number of hydrogen-bond acceptors (Lipinski definition) is 6. The van der Waals surface area contributed by atoms with Gasteiger partial charge in [-0.3, -0.25) is 15.8 Å². The topological polar surface area (TPSA) is 91.0 Å². The molecule has 0 aliphatic heterocycles. The zero-order valence-corrected chi connectivity index (χ0v) is 20.9. The number of hydrazone groups is 2. The molecule has 0 bridgehead atoms. The summed E-state index contributed by atoms with van der Waals surface area (Å²) >= 11 is 6.60. The molecule has 0 radical (unpaired) electrons. The van der Waals surface area contributed by atoms with Crippen LogP contribution in [0.1, 0.15) is 29.3 Å². The number of thiocarbonyl (C=S) groups is 1. The van der Waals surface area contributed by atoms with E-state index in [-0.39, 0.29) is 34.0 Å². The van der Waals surface area contributed by atoms with E-state index < -0.39 is 0 Å². The normalized spacial score (nSPS) is 12.4. The first-order chi connectivity index (χ1) is 11.5. The molecule has 0 saturated heterocycles. The molecule has 0 aliphatic rings. The van der Waals surface area contributed by atoms with Gasteiger partial charge in [-0.15, -0.1) is 0 Å². The number of rotatable bonds is 6. The third-order valence-corrected chi connectivity index (χ3v) is 3.55. The molecule has 0 aromatic carbocycles. The average Bonchev–Trinajstić information content (AvgIpc) is 2.98. The number of nitrogens with one attached hydrogen (secondary N) is 3. The average molecular weight is 611 g/mol. The molecule has 0 unspecified atom stereocenters. The van der Waals surface area contributed by atoms with Crippen LogP contribution in [0, 0.1) is 31.1 Å². The summed E-state index contributed by atoms with van der Waals surface area (Å²) in [6, 6.07) is 0. The summed E-state index contributed by atoms with van der Waals surface area (Å²) in [6.07, 6.45) is 5.52. The molecule has 8 nitrogen and oxygen atoms in total. The van der Waals surface area contributed by atoms with Gasteiger partial charge in [0, 0.05) is 60.3 Å². The molecular weight excluding hydrogens is 582 g/mol. The van der Waals surface area contributed by atoms with Gasteiger partial charge in [-0.05, 0) is 39.2 Å². The van der Waals surface area contributed by atoms with Gasteiger partial charge < -0.3 is 9.88 Å². The van der Waals surface area contributed by atoms with E-state index in [4.69, 9.17) is 12.2 Å². The van der Waals surface area contributed by atoms with Crippen LogP contribution in [0.25, 0.3) is 0 Å². The molecule has 0 fully saturated rings. The second-order valence-electron chi connectivity index (χ2n) is 4.65. The minimum Gasteiger partial charge on any atom is -0.362 e. The van der Waals surface area contributed by atoms with E-state index in [1.807, 2.05) is 44.8 Å². The minimum absolute atomic E-state index is 0. The van der Waals surface area contributed by atoms with E-state index in [2.05, 4.69) is 36.3 Å². The van der Waals surface area contributed by atoms with Gasteiger partial charge in [-0.2, -0.15) is 10.2 Å². The van der Waals surface area contributed by atoms with Crippen molar-refractivity contribution in [1.29, 1.82) is 0 Å². The second kappa shape index (κ2) is 13.3. The van der Waals surface area contributed by atoms with Gasteiger partial charge in [0.05, 0.1) is 12.0 Å². The Morgan fingerprint density at radius 1 is 1.36 bits per heavy atom. The van der Waals surface area contributed by atoms with Crippen molar-refractivity contribution >= 4 is 45.7 Å². The summed E-state index contributed by atoms with van der Waals surface area (Å²) in [5.41, 5.74) is 7.73. The van der Waals surface area contributed by atoms with Crippen LogP contribution in [-0.4, -0.2) is 50.6 Å². The Morgan fingerprint density at radius 3 is 2.60 bits per heavy atom. The maximum atomic E-state index is 5.11. The molecule has 0 aliphatic carbocycles. The van der Waals surface area contributed by atoms with Gasteiger partial charge in [0.1, 0.15) is 11.4 Å². The summed E-state index contributed by atoms with van der Waals surface area (Å²) in [5.74, 6) is 0. The summed E-state index contributed by atoms with van der Waals surface area (Å²) in [5, 5.41) is 12.9. The van der Waals surface area contributed by atoms with Gasteiger partial charge in [0.15, 0.2) is 10.3 Å². The Labute approximate surface area is 185 Å². The van der Waals surface area contributed by atoms with Crippen molar-refractivity contribution < 1.29 is 34.0 Å². The molecule has 1 rings (SSSR count). The van der Waals surface area contributed by atoms with Crippen LogP contribution < -0.4 is 16.2 Å². The molecule has 140 valence electrons. The maximum absolute atomic E-state index is 5.11. The standard InChI is InChI=1S/C14H24N8S2.U.2H2/c1-6-15-13(23)20-18-10(3)12(11-8-22(4)9-17-11)19-21-14(24-5)16-7-2;;;/h8-9H,6-7H2,1-5H3,(H,16,21)(H2,15,20,23);;2*1H/b18-10+,19-12-;;;. The largest absolute Gasteiger partial charge is 0.362 e. The predicted octanol–water partition coefficient (Wildman–Crippen LogP) is 1.80. The molecule has 0 saturated carbocycles. The molecule has 0 spiro atoms. The molecule has 1 aromatic rings. The molecule has 0 atom stereocenters. The van der Waals surface area contributed by atoms with Crippen LogP contribution >= 0.6 is 24.0 Å². The van der Waals surface area contributed by atoms with E-state index in [0.717, 1.165) is 11.7 Å². The number of amidine groups is 1. The number of aryl methyl sites for hydroxylation is 1. The van der Waals surface area contributed by atoms with Crippen LogP contribution in [-0.2, 0) is 7.05 Å². The number of aromatic nitrogens is 2. The number of imidazole rings is 1. The molecule has 1 aromatic heterocycles. The maximum Gasteiger partial charge on any atom is 0.186 e. The smallest absolute Gasteiger partial charge is 0.186 e. The summed E-state index contributed by atoms with van der Waals surface area (Å²) in [7, 11) is 1.90. The third-order valence-electron chi connectivity index (χ3n) is 2.71. The first-order valence-corrected chi connectivity index (χ1v) is 9.14. The van der Waals surface area contributed by atoms with Gasteiger partial charge in [0.25, 0.3) is 0 Å². The molecular formula is C14H28N8S2U. The van der Waals surface area contributed by atoms with Crippen molar-refractivity contribution in [1.82, 2.24) is 25.7 Å². The van der Waals surface area contributed by atoms with Gasteiger partial charge in [0.2, 0.25) is 0 Å². The Morgan fingerprint density at radius 2 is 2.08 bits per heavy atom. The van der Waals surface area contributed by atoms with E-state index in [1.165, 1.54) is 11.8 Å². The zero-order valence-electron chi connectivity index (χ0n) is 15.1. The Bertz CT molecular complexity index is 649. The predicted molar refractivity (Wildman–Crippen MR) is 111 cm³/mol. The van der Waals surface area contributed by atoms with Gasteiger partial charge in [-0.25, -0.2) is 4.98 Å². The van der Waals surface area contributed by atoms with Gasteiger partial charge in [-0.1, -0.05) is 11.8 Å². The van der Waals surface area contributed by atoms with Crippen LogP contribution in [0.2, 0.25) is 0 Å². The van der Waals surface area contributed by atoms with Gasteiger partial charge >= 0.3 is 0 Å².